The highest BCUT2D eigenvalue weighted by atomic mass is 35.5. The van der Waals surface area contributed by atoms with Crippen molar-refractivity contribution in [2.45, 2.75) is 37.0 Å². The van der Waals surface area contributed by atoms with Crippen LogP contribution in [0.3, 0.4) is 0 Å². The van der Waals surface area contributed by atoms with Crippen molar-refractivity contribution >= 4 is 33.2 Å². The lowest BCUT2D eigenvalue weighted by atomic mass is 9.90. The minimum Gasteiger partial charge on any atom is -0.211 e. The van der Waals surface area contributed by atoms with Crippen LogP contribution in [0.2, 0.25) is 10.0 Å². The Morgan fingerprint density at radius 1 is 1.11 bits per heavy atom. The van der Waals surface area contributed by atoms with Crippen LogP contribution in [0.5, 0.6) is 0 Å². The van der Waals surface area contributed by atoms with Crippen LogP contribution in [0, 0.1) is 5.92 Å². The highest BCUT2D eigenvalue weighted by Crippen LogP contribution is 2.29. The van der Waals surface area contributed by atoms with Gasteiger partial charge in [-0.15, -0.1) is 0 Å². The third-order valence-electron chi connectivity index (χ3n) is 3.47. The lowest BCUT2D eigenvalue weighted by molar-refractivity contribution is 0.357. The van der Waals surface area contributed by atoms with Crippen molar-refractivity contribution in [3.63, 3.8) is 0 Å². The zero-order valence-corrected chi connectivity index (χ0v) is 12.9. The van der Waals surface area contributed by atoms with Crippen LogP contribution < -0.4 is 4.72 Å². The van der Waals surface area contributed by atoms with E-state index in [1.165, 1.54) is 31.4 Å². The topological polar surface area (TPSA) is 46.2 Å². The largest absolute Gasteiger partial charge is 0.243 e. The molecular weight excluding hydrogens is 305 g/mol. The van der Waals surface area contributed by atoms with Gasteiger partial charge in [0.15, 0.2) is 0 Å². The van der Waals surface area contributed by atoms with Crippen molar-refractivity contribution in [2.75, 3.05) is 6.54 Å². The molecule has 106 valence electrons. The standard InChI is InChI=1S/C13H17Cl2NO2S/c14-11-7-4-8-12(15)13(11)19(17,18)16-9-10-5-2-1-3-6-10/h4,7-8,10,16H,1-3,5-6,9H2. The first-order valence-corrected chi connectivity index (χ1v) is 8.68. The molecule has 6 heteroatoms. The molecule has 0 radical (unpaired) electrons. The fourth-order valence-electron chi connectivity index (χ4n) is 2.43. The molecule has 1 aliphatic carbocycles. The molecule has 0 atom stereocenters. The van der Waals surface area contributed by atoms with Crippen molar-refractivity contribution in [2.24, 2.45) is 5.92 Å². The van der Waals surface area contributed by atoms with Gasteiger partial charge in [0.1, 0.15) is 4.90 Å². The zero-order chi connectivity index (χ0) is 13.9. The SMILES string of the molecule is O=S(=O)(NCC1CCCCC1)c1c(Cl)cccc1Cl. The van der Waals surface area contributed by atoms with Gasteiger partial charge in [0.2, 0.25) is 10.0 Å². The summed E-state index contributed by atoms with van der Waals surface area (Å²) < 4.78 is 27.1. The summed E-state index contributed by atoms with van der Waals surface area (Å²) in [7, 11) is -3.63. The van der Waals surface area contributed by atoms with Crippen LogP contribution in [0.25, 0.3) is 0 Å². The molecule has 0 amide bonds. The van der Waals surface area contributed by atoms with Crippen LogP contribution in [-0.2, 0) is 10.0 Å². The van der Waals surface area contributed by atoms with Crippen LogP contribution in [0.1, 0.15) is 32.1 Å². The monoisotopic (exact) mass is 321 g/mol. The molecule has 0 bridgehead atoms. The Morgan fingerprint density at radius 2 is 1.68 bits per heavy atom. The lowest BCUT2D eigenvalue weighted by Crippen LogP contribution is -2.30. The summed E-state index contributed by atoms with van der Waals surface area (Å²) in [6.45, 7) is 0.462. The van der Waals surface area contributed by atoms with Gasteiger partial charge >= 0.3 is 0 Å². The summed E-state index contributed by atoms with van der Waals surface area (Å²) in [5.74, 6) is 0.421. The van der Waals surface area contributed by atoms with Crippen LogP contribution in [0.15, 0.2) is 23.1 Å². The van der Waals surface area contributed by atoms with Gasteiger partial charge in [-0.2, -0.15) is 0 Å². The number of hydrogen-bond donors (Lipinski definition) is 1. The maximum atomic E-state index is 12.2. The molecule has 1 aromatic carbocycles. The Morgan fingerprint density at radius 3 is 2.26 bits per heavy atom. The molecule has 0 spiro atoms. The minimum atomic E-state index is -3.63. The molecule has 0 heterocycles. The molecule has 0 saturated heterocycles. The quantitative estimate of drug-likeness (QED) is 0.915. The minimum absolute atomic E-state index is 0.0193. The maximum Gasteiger partial charge on any atom is 0.243 e. The molecule has 1 aromatic rings. The average Bonchev–Trinajstić information content (AvgIpc) is 2.37. The van der Waals surface area contributed by atoms with Gasteiger partial charge in [-0.1, -0.05) is 48.5 Å². The lowest BCUT2D eigenvalue weighted by Gasteiger charge is -2.22. The summed E-state index contributed by atoms with van der Waals surface area (Å²) in [6, 6.07) is 4.69. The van der Waals surface area contributed by atoms with E-state index in [0.717, 1.165) is 12.8 Å². The Hall–Kier alpha value is -0.290. The summed E-state index contributed by atoms with van der Waals surface area (Å²) >= 11 is 11.9. The van der Waals surface area contributed by atoms with Gasteiger partial charge in [0.25, 0.3) is 0 Å². The predicted octanol–water partition coefficient (Wildman–Crippen LogP) is 3.85. The molecule has 2 rings (SSSR count). The summed E-state index contributed by atoms with van der Waals surface area (Å²) in [5.41, 5.74) is 0. The number of nitrogens with one attached hydrogen (secondary N) is 1. The average molecular weight is 322 g/mol. The smallest absolute Gasteiger partial charge is 0.211 e. The van der Waals surface area contributed by atoms with Gasteiger partial charge < -0.3 is 0 Å². The second-order valence-corrected chi connectivity index (χ2v) is 7.42. The first kappa shape index (κ1) is 15.1. The van der Waals surface area contributed by atoms with E-state index in [0.29, 0.717) is 12.5 Å². The van der Waals surface area contributed by atoms with Gasteiger partial charge in [0, 0.05) is 6.54 Å². The van der Waals surface area contributed by atoms with Crippen molar-refractivity contribution in [1.29, 1.82) is 0 Å². The third-order valence-corrected chi connectivity index (χ3v) is 5.85. The van der Waals surface area contributed by atoms with Gasteiger partial charge in [-0.25, -0.2) is 13.1 Å². The fraction of sp³-hybridized carbons (Fsp3) is 0.538. The molecule has 19 heavy (non-hydrogen) atoms. The van der Waals surface area contributed by atoms with Gasteiger partial charge in [-0.05, 0) is 30.9 Å². The third kappa shape index (κ3) is 3.85. The van der Waals surface area contributed by atoms with Crippen LogP contribution >= 0.6 is 23.2 Å². The molecular formula is C13H17Cl2NO2S. The molecule has 1 saturated carbocycles. The molecule has 3 nitrogen and oxygen atoms in total. The van der Waals surface area contributed by atoms with Crippen molar-refractivity contribution in [3.8, 4) is 0 Å². The summed E-state index contributed by atoms with van der Waals surface area (Å²) in [6.07, 6.45) is 5.77. The Kier molecular flexibility index (Phi) is 5.12. The number of sulfonamides is 1. The Bertz CT molecular complexity index is 519. The highest BCUT2D eigenvalue weighted by Gasteiger charge is 2.23. The molecule has 0 aromatic heterocycles. The number of benzene rings is 1. The second-order valence-electron chi connectivity index (χ2n) is 4.91. The molecule has 1 N–H and O–H groups in total. The molecule has 0 aliphatic heterocycles. The van der Waals surface area contributed by atoms with E-state index in [1.807, 2.05) is 0 Å². The fourth-order valence-corrected chi connectivity index (χ4v) is 4.69. The van der Waals surface area contributed by atoms with E-state index in [2.05, 4.69) is 4.72 Å². The molecule has 1 fully saturated rings. The zero-order valence-electron chi connectivity index (χ0n) is 10.5. The normalized spacial score (nSPS) is 17.6. The van der Waals surface area contributed by atoms with E-state index >= 15 is 0 Å². The summed E-state index contributed by atoms with van der Waals surface area (Å²) in [5, 5.41) is 0.312. The van der Waals surface area contributed by atoms with Crippen LogP contribution in [0.4, 0.5) is 0 Å². The van der Waals surface area contributed by atoms with Crippen LogP contribution in [-0.4, -0.2) is 15.0 Å². The molecule has 1 aliphatic rings. The number of rotatable bonds is 4. The first-order chi connectivity index (χ1) is 9.00. The summed E-state index contributed by atoms with van der Waals surface area (Å²) in [4.78, 5) is -0.0193. The first-order valence-electron chi connectivity index (χ1n) is 6.44. The van der Waals surface area contributed by atoms with Crippen molar-refractivity contribution < 1.29 is 8.42 Å². The molecule has 0 unspecified atom stereocenters. The van der Waals surface area contributed by atoms with Crippen molar-refractivity contribution in [1.82, 2.24) is 4.72 Å². The maximum absolute atomic E-state index is 12.2. The van der Waals surface area contributed by atoms with Crippen molar-refractivity contribution in [3.05, 3.63) is 28.2 Å². The Balaban J connectivity index is 2.09. The number of hydrogen-bond acceptors (Lipinski definition) is 2. The second kappa shape index (κ2) is 6.44. The van der Waals surface area contributed by atoms with E-state index in [1.54, 1.807) is 6.07 Å². The predicted molar refractivity (Wildman–Crippen MR) is 78.2 cm³/mol. The van der Waals surface area contributed by atoms with E-state index in [-0.39, 0.29) is 14.9 Å². The highest BCUT2D eigenvalue weighted by molar-refractivity contribution is 7.89. The van der Waals surface area contributed by atoms with E-state index < -0.39 is 10.0 Å². The Labute approximate surface area is 124 Å². The van der Waals surface area contributed by atoms with Gasteiger partial charge in [0.05, 0.1) is 10.0 Å². The van der Waals surface area contributed by atoms with E-state index in [9.17, 15) is 8.42 Å². The van der Waals surface area contributed by atoms with E-state index in [4.69, 9.17) is 23.2 Å². The van der Waals surface area contributed by atoms with Gasteiger partial charge in [-0.3, -0.25) is 0 Å². The number of halogens is 2.